The molecule has 0 aromatic carbocycles. The fourth-order valence-corrected chi connectivity index (χ4v) is 2.90. The molecule has 3 unspecified atom stereocenters. The van der Waals surface area contributed by atoms with Gasteiger partial charge in [-0.1, -0.05) is 6.92 Å². The van der Waals surface area contributed by atoms with Crippen LogP contribution in [0.5, 0.6) is 0 Å². The second-order valence-corrected chi connectivity index (χ2v) is 5.35. The molecular formula is C15H25N3. The minimum atomic E-state index is 0.379. The van der Waals surface area contributed by atoms with Crippen LogP contribution in [0.15, 0.2) is 18.3 Å². The van der Waals surface area contributed by atoms with E-state index >= 15 is 0 Å². The van der Waals surface area contributed by atoms with Gasteiger partial charge in [0.2, 0.25) is 0 Å². The van der Waals surface area contributed by atoms with Gasteiger partial charge in [0, 0.05) is 24.3 Å². The van der Waals surface area contributed by atoms with E-state index in [9.17, 15) is 0 Å². The number of aromatic nitrogens is 1. The molecule has 100 valence electrons. The average molecular weight is 247 g/mol. The van der Waals surface area contributed by atoms with Gasteiger partial charge in [0.1, 0.15) is 5.82 Å². The van der Waals surface area contributed by atoms with Crippen LogP contribution in [0.3, 0.4) is 0 Å². The maximum absolute atomic E-state index is 4.58. The number of nitrogens with zero attached hydrogens (tertiary/aromatic N) is 2. The van der Waals surface area contributed by atoms with Crippen molar-refractivity contribution in [3.8, 4) is 0 Å². The molecule has 0 radical (unpaired) electrons. The van der Waals surface area contributed by atoms with Crippen LogP contribution in [0.1, 0.15) is 51.6 Å². The molecule has 1 N–H and O–H groups in total. The van der Waals surface area contributed by atoms with Gasteiger partial charge in [-0.25, -0.2) is 4.98 Å². The van der Waals surface area contributed by atoms with Crippen molar-refractivity contribution in [3.05, 3.63) is 23.9 Å². The molecule has 3 heteroatoms. The average Bonchev–Trinajstić information content (AvgIpc) is 2.79. The van der Waals surface area contributed by atoms with Crippen LogP contribution in [0.4, 0.5) is 5.82 Å². The van der Waals surface area contributed by atoms with E-state index in [0.29, 0.717) is 18.1 Å². The molecule has 1 saturated heterocycles. The van der Waals surface area contributed by atoms with Gasteiger partial charge in [0.15, 0.2) is 0 Å². The quantitative estimate of drug-likeness (QED) is 0.886. The lowest BCUT2D eigenvalue weighted by atomic mass is 10.1. The van der Waals surface area contributed by atoms with Crippen molar-refractivity contribution < 1.29 is 0 Å². The monoisotopic (exact) mass is 247 g/mol. The fourth-order valence-electron chi connectivity index (χ4n) is 2.90. The summed E-state index contributed by atoms with van der Waals surface area (Å²) in [6.45, 7) is 6.77. The summed E-state index contributed by atoms with van der Waals surface area (Å²) in [4.78, 5) is 7.09. The molecular weight excluding hydrogens is 222 g/mol. The number of hydrogen-bond donors (Lipinski definition) is 1. The molecule has 1 aromatic rings. The van der Waals surface area contributed by atoms with Gasteiger partial charge in [-0.2, -0.15) is 0 Å². The minimum absolute atomic E-state index is 0.379. The molecule has 1 aliphatic heterocycles. The third-order valence-electron chi connectivity index (χ3n) is 4.22. The summed E-state index contributed by atoms with van der Waals surface area (Å²) < 4.78 is 0. The summed E-state index contributed by atoms with van der Waals surface area (Å²) in [5.74, 6) is 1.14. The Bertz CT molecular complexity index is 391. The van der Waals surface area contributed by atoms with Crippen LogP contribution in [0, 0.1) is 0 Å². The molecule has 0 spiro atoms. The fraction of sp³-hybridized carbons (Fsp3) is 0.667. The van der Waals surface area contributed by atoms with E-state index in [0.717, 1.165) is 5.82 Å². The first-order valence-electron chi connectivity index (χ1n) is 7.09. The van der Waals surface area contributed by atoms with Crippen molar-refractivity contribution in [1.82, 2.24) is 10.3 Å². The van der Waals surface area contributed by atoms with Gasteiger partial charge in [0.05, 0.1) is 0 Å². The molecule has 3 nitrogen and oxygen atoms in total. The van der Waals surface area contributed by atoms with E-state index in [2.05, 4.69) is 48.1 Å². The van der Waals surface area contributed by atoms with Crippen molar-refractivity contribution in [2.24, 2.45) is 0 Å². The molecule has 0 aliphatic carbocycles. The van der Waals surface area contributed by atoms with Crippen molar-refractivity contribution in [1.29, 1.82) is 0 Å². The Morgan fingerprint density at radius 1 is 1.50 bits per heavy atom. The van der Waals surface area contributed by atoms with Crippen LogP contribution in [-0.2, 0) is 0 Å². The summed E-state index contributed by atoms with van der Waals surface area (Å²) >= 11 is 0. The predicted molar refractivity (Wildman–Crippen MR) is 77.0 cm³/mol. The molecule has 2 rings (SSSR count). The summed E-state index contributed by atoms with van der Waals surface area (Å²) in [5, 5.41) is 3.29. The van der Waals surface area contributed by atoms with E-state index in [4.69, 9.17) is 0 Å². The number of anilines is 1. The van der Waals surface area contributed by atoms with E-state index in [-0.39, 0.29) is 0 Å². The normalized spacial score (nSPS) is 25.4. The second-order valence-electron chi connectivity index (χ2n) is 5.35. The van der Waals surface area contributed by atoms with Crippen molar-refractivity contribution >= 4 is 5.82 Å². The third-order valence-corrected chi connectivity index (χ3v) is 4.22. The topological polar surface area (TPSA) is 28.2 Å². The zero-order chi connectivity index (χ0) is 13.1. The third kappa shape index (κ3) is 2.51. The molecule has 1 fully saturated rings. The number of rotatable bonds is 4. The highest BCUT2D eigenvalue weighted by molar-refractivity contribution is 5.45. The Morgan fingerprint density at radius 3 is 2.94 bits per heavy atom. The van der Waals surface area contributed by atoms with E-state index < -0.39 is 0 Å². The van der Waals surface area contributed by atoms with Gasteiger partial charge >= 0.3 is 0 Å². The lowest BCUT2D eigenvalue weighted by Gasteiger charge is -2.29. The summed E-state index contributed by atoms with van der Waals surface area (Å²) in [7, 11) is 2.00. The zero-order valence-electron chi connectivity index (χ0n) is 12.0. The Kier molecular flexibility index (Phi) is 4.23. The van der Waals surface area contributed by atoms with Crippen LogP contribution >= 0.6 is 0 Å². The molecule has 0 amide bonds. The Hall–Kier alpha value is -1.09. The van der Waals surface area contributed by atoms with Gasteiger partial charge < -0.3 is 10.2 Å². The van der Waals surface area contributed by atoms with Crippen LogP contribution in [0.2, 0.25) is 0 Å². The number of pyridine rings is 1. The van der Waals surface area contributed by atoms with Gasteiger partial charge in [-0.3, -0.25) is 0 Å². The first-order valence-corrected chi connectivity index (χ1v) is 7.09. The molecule has 0 bridgehead atoms. The minimum Gasteiger partial charge on any atom is -0.351 e. The van der Waals surface area contributed by atoms with Crippen molar-refractivity contribution in [2.45, 2.75) is 58.2 Å². The predicted octanol–water partition coefficient (Wildman–Crippen LogP) is 3.13. The largest absolute Gasteiger partial charge is 0.351 e. The number of nitrogens with one attached hydrogen (secondary N) is 1. The summed E-state index contributed by atoms with van der Waals surface area (Å²) in [6, 6.07) is 6.00. The van der Waals surface area contributed by atoms with Gasteiger partial charge in [0.25, 0.3) is 0 Å². The van der Waals surface area contributed by atoms with E-state index in [1.54, 1.807) is 0 Å². The maximum atomic E-state index is 4.58. The highest BCUT2D eigenvalue weighted by Crippen LogP contribution is 2.31. The van der Waals surface area contributed by atoms with Crippen LogP contribution in [-0.4, -0.2) is 24.1 Å². The number of hydrogen-bond acceptors (Lipinski definition) is 3. The SMILES string of the molecule is CCC1CCC(C)N1c1cc(C(C)NC)ccn1. The van der Waals surface area contributed by atoms with E-state index in [1.165, 1.54) is 24.8 Å². The summed E-state index contributed by atoms with van der Waals surface area (Å²) in [6.07, 6.45) is 5.73. The standard InChI is InChI=1S/C15H25N3/c1-5-14-7-6-11(2)18(14)15-10-13(8-9-17-15)12(3)16-4/h8-12,14,16H,5-7H2,1-4H3. The first-order chi connectivity index (χ1) is 8.67. The molecule has 0 saturated carbocycles. The zero-order valence-corrected chi connectivity index (χ0v) is 12.0. The van der Waals surface area contributed by atoms with Gasteiger partial charge in [-0.15, -0.1) is 0 Å². The second kappa shape index (κ2) is 5.70. The highest BCUT2D eigenvalue weighted by atomic mass is 15.3. The first kappa shape index (κ1) is 13.3. The highest BCUT2D eigenvalue weighted by Gasteiger charge is 2.30. The van der Waals surface area contributed by atoms with Crippen LogP contribution in [0.25, 0.3) is 0 Å². The lowest BCUT2D eigenvalue weighted by molar-refractivity contribution is 0.616. The molecule has 3 atom stereocenters. The Balaban J connectivity index is 2.27. The summed E-state index contributed by atoms with van der Waals surface area (Å²) in [5.41, 5.74) is 1.32. The molecule has 18 heavy (non-hydrogen) atoms. The van der Waals surface area contributed by atoms with E-state index in [1.807, 2.05) is 13.2 Å². The van der Waals surface area contributed by atoms with Crippen molar-refractivity contribution in [3.63, 3.8) is 0 Å². The Morgan fingerprint density at radius 2 is 2.28 bits per heavy atom. The Labute approximate surface area is 111 Å². The van der Waals surface area contributed by atoms with Crippen LogP contribution < -0.4 is 10.2 Å². The maximum Gasteiger partial charge on any atom is 0.129 e. The molecule has 1 aliphatic rings. The molecule has 2 heterocycles. The van der Waals surface area contributed by atoms with Crippen molar-refractivity contribution in [2.75, 3.05) is 11.9 Å². The van der Waals surface area contributed by atoms with Gasteiger partial charge in [-0.05, 0) is 57.9 Å². The molecule has 1 aromatic heterocycles. The smallest absolute Gasteiger partial charge is 0.129 e. The lowest BCUT2D eigenvalue weighted by Crippen LogP contribution is -2.34.